The van der Waals surface area contributed by atoms with Gasteiger partial charge in [0.25, 0.3) is 0 Å². The summed E-state index contributed by atoms with van der Waals surface area (Å²) in [7, 11) is 0. The molecule has 21 heavy (non-hydrogen) atoms. The summed E-state index contributed by atoms with van der Waals surface area (Å²) in [6.45, 7) is 4.78. The number of hydrogen-bond acceptors (Lipinski definition) is 4. The average Bonchev–Trinajstić information content (AvgIpc) is 2.98. The Kier molecular flexibility index (Phi) is 5.37. The van der Waals surface area contributed by atoms with Gasteiger partial charge in [-0.3, -0.25) is 4.79 Å². The molecule has 0 aliphatic heterocycles. The molecule has 1 N–H and O–H groups in total. The Morgan fingerprint density at radius 3 is 2.86 bits per heavy atom. The Morgan fingerprint density at radius 2 is 2.24 bits per heavy atom. The molecule has 0 bridgehead atoms. The van der Waals surface area contributed by atoms with Crippen molar-refractivity contribution in [3.63, 3.8) is 0 Å². The lowest BCUT2D eigenvalue weighted by atomic mass is 10.2. The van der Waals surface area contributed by atoms with Crippen molar-refractivity contribution in [2.24, 2.45) is 5.92 Å². The lowest BCUT2D eigenvalue weighted by molar-refractivity contribution is -0.116. The first kappa shape index (κ1) is 15.1. The predicted octanol–water partition coefficient (Wildman–Crippen LogP) is 3.28. The van der Waals surface area contributed by atoms with Crippen LogP contribution >= 0.6 is 0 Å². The highest BCUT2D eigenvalue weighted by Gasteiger charge is 2.05. The van der Waals surface area contributed by atoms with Crippen molar-refractivity contribution in [1.29, 1.82) is 0 Å². The van der Waals surface area contributed by atoms with Crippen LogP contribution in [0.3, 0.4) is 0 Å². The summed E-state index contributed by atoms with van der Waals surface area (Å²) in [6, 6.07) is 7.21. The van der Waals surface area contributed by atoms with E-state index in [1.54, 1.807) is 24.6 Å². The molecule has 0 unspecified atom stereocenters. The number of aromatic nitrogens is 1. The first-order chi connectivity index (χ1) is 10.1. The van der Waals surface area contributed by atoms with E-state index in [0.29, 0.717) is 36.9 Å². The van der Waals surface area contributed by atoms with Crippen LogP contribution < -0.4 is 10.1 Å². The first-order valence-electron chi connectivity index (χ1n) is 7.04. The van der Waals surface area contributed by atoms with Crippen LogP contribution in [0.4, 0.5) is 5.69 Å². The molecule has 2 aromatic rings. The van der Waals surface area contributed by atoms with Gasteiger partial charge >= 0.3 is 0 Å². The van der Waals surface area contributed by atoms with Gasteiger partial charge in [-0.15, -0.1) is 0 Å². The number of amides is 1. The van der Waals surface area contributed by atoms with Gasteiger partial charge in [0.2, 0.25) is 11.8 Å². The minimum absolute atomic E-state index is 0.0657. The van der Waals surface area contributed by atoms with Gasteiger partial charge in [-0.1, -0.05) is 13.8 Å². The SMILES string of the molecule is CC(C)COc1ccc(NC(=O)CCc2ccco2)cn1. The van der Waals surface area contributed by atoms with E-state index in [1.807, 2.05) is 12.1 Å². The minimum atomic E-state index is -0.0657. The van der Waals surface area contributed by atoms with E-state index in [9.17, 15) is 4.79 Å². The highest BCUT2D eigenvalue weighted by Crippen LogP contribution is 2.13. The number of ether oxygens (including phenoxy) is 1. The number of hydrogen-bond donors (Lipinski definition) is 1. The van der Waals surface area contributed by atoms with Crippen molar-refractivity contribution in [3.8, 4) is 5.88 Å². The number of carbonyl (C=O) groups excluding carboxylic acids is 1. The van der Waals surface area contributed by atoms with E-state index in [0.717, 1.165) is 5.76 Å². The minimum Gasteiger partial charge on any atom is -0.477 e. The number of nitrogens with one attached hydrogen (secondary N) is 1. The average molecular weight is 288 g/mol. The van der Waals surface area contributed by atoms with Gasteiger partial charge in [0.05, 0.1) is 24.8 Å². The van der Waals surface area contributed by atoms with Crippen molar-refractivity contribution < 1.29 is 13.9 Å². The molecular weight excluding hydrogens is 268 g/mol. The molecule has 0 atom stereocenters. The molecule has 0 saturated heterocycles. The number of carbonyl (C=O) groups is 1. The van der Waals surface area contributed by atoms with E-state index in [2.05, 4.69) is 24.1 Å². The molecule has 0 aliphatic rings. The predicted molar refractivity (Wildman–Crippen MR) is 80.2 cm³/mol. The normalized spacial score (nSPS) is 10.6. The zero-order chi connectivity index (χ0) is 15.1. The van der Waals surface area contributed by atoms with E-state index >= 15 is 0 Å². The molecule has 5 nitrogen and oxygen atoms in total. The smallest absolute Gasteiger partial charge is 0.224 e. The summed E-state index contributed by atoms with van der Waals surface area (Å²) < 4.78 is 10.7. The van der Waals surface area contributed by atoms with Crippen LogP contribution in [0.25, 0.3) is 0 Å². The molecule has 112 valence electrons. The number of pyridine rings is 1. The quantitative estimate of drug-likeness (QED) is 0.849. The molecule has 0 aromatic carbocycles. The fraction of sp³-hybridized carbons (Fsp3) is 0.375. The highest BCUT2D eigenvalue weighted by molar-refractivity contribution is 5.90. The lowest BCUT2D eigenvalue weighted by Gasteiger charge is -2.08. The van der Waals surface area contributed by atoms with E-state index in [-0.39, 0.29) is 5.91 Å². The molecule has 0 saturated carbocycles. The highest BCUT2D eigenvalue weighted by atomic mass is 16.5. The van der Waals surface area contributed by atoms with Crippen LogP contribution in [0, 0.1) is 5.92 Å². The Morgan fingerprint density at radius 1 is 1.38 bits per heavy atom. The third kappa shape index (κ3) is 5.30. The molecule has 0 fully saturated rings. The third-order valence-electron chi connectivity index (χ3n) is 2.76. The van der Waals surface area contributed by atoms with Crippen molar-refractivity contribution in [3.05, 3.63) is 42.5 Å². The van der Waals surface area contributed by atoms with Crippen LogP contribution in [0.1, 0.15) is 26.0 Å². The second-order valence-corrected chi connectivity index (χ2v) is 5.22. The van der Waals surface area contributed by atoms with E-state index in [1.165, 1.54) is 0 Å². The van der Waals surface area contributed by atoms with E-state index in [4.69, 9.17) is 9.15 Å². The van der Waals surface area contributed by atoms with Gasteiger partial charge in [-0.2, -0.15) is 0 Å². The van der Waals surface area contributed by atoms with Gasteiger partial charge in [-0.25, -0.2) is 4.98 Å². The van der Waals surface area contributed by atoms with Crippen LogP contribution in [-0.4, -0.2) is 17.5 Å². The monoisotopic (exact) mass is 288 g/mol. The number of nitrogens with zero attached hydrogens (tertiary/aromatic N) is 1. The van der Waals surface area contributed by atoms with Gasteiger partial charge in [0, 0.05) is 18.9 Å². The zero-order valence-corrected chi connectivity index (χ0v) is 12.3. The summed E-state index contributed by atoms with van der Waals surface area (Å²) in [5.41, 5.74) is 0.663. The van der Waals surface area contributed by atoms with Crippen molar-refractivity contribution in [2.75, 3.05) is 11.9 Å². The topological polar surface area (TPSA) is 64.4 Å². The molecule has 0 spiro atoms. The van der Waals surface area contributed by atoms with Crippen LogP contribution in [0.5, 0.6) is 5.88 Å². The van der Waals surface area contributed by atoms with Crippen molar-refractivity contribution in [2.45, 2.75) is 26.7 Å². The molecule has 2 heterocycles. The summed E-state index contributed by atoms with van der Waals surface area (Å²) in [6.07, 6.45) is 4.16. The standard InChI is InChI=1S/C16H20N2O3/c1-12(2)11-21-16-8-5-13(10-17-16)18-15(19)7-6-14-4-3-9-20-14/h3-5,8-10,12H,6-7,11H2,1-2H3,(H,18,19). The molecule has 2 aromatic heterocycles. The number of rotatable bonds is 7. The Labute approximate surface area is 124 Å². The summed E-state index contributed by atoms with van der Waals surface area (Å²) >= 11 is 0. The maximum Gasteiger partial charge on any atom is 0.224 e. The number of anilines is 1. The Bertz CT molecular complexity index is 547. The van der Waals surface area contributed by atoms with Crippen molar-refractivity contribution >= 4 is 11.6 Å². The number of aryl methyl sites for hydroxylation is 1. The molecule has 1 amide bonds. The van der Waals surface area contributed by atoms with Crippen LogP contribution in [0.2, 0.25) is 0 Å². The third-order valence-corrected chi connectivity index (χ3v) is 2.76. The van der Waals surface area contributed by atoms with Gasteiger partial charge < -0.3 is 14.5 Å². The Balaban J connectivity index is 1.78. The molecule has 2 rings (SSSR count). The maximum absolute atomic E-state index is 11.8. The molecule has 5 heteroatoms. The summed E-state index contributed by atoms with van der Waals surface area (Å²) in [5, 5.41) is 2.80. The van der Waals surface area contributed by atoms with Crippen LogP contribution in [-0.2, 0) is 11.2 Å². The maximum atomic E-state index is 11.8. The lowest BCUT2D eigenvalue weighted by Crippen LogP contribution is -2.12. The number of furan rings is 1. The molecule has 0 aliphatic carbocycles. The second-order valence-electron chi connectivity index (χ2n) is 5.22. The fourth-order valence-corrected chi connectivity index (χ4v) is 1.71. The van der Waals surface area contributed by atoms with Gasteiger partial charge in [0.1, 0.15) is 5.76 Å². The Hall–Kier alpha value is -2.30. The summed E-state index contributed by atoms with van der Waals surface area (Å²) in [5.74, 6) is 1.76. The van der Waals surface area contributed by atoms with Crippen LogP contribution in [0.15, 0.2) is 41.1 Å². The van der Waals surface area contributed by atoms with Crippen molar-refractivity contribution in [1.82, 2.24) is 4.98 Å². The fourth-order valence-electron chi connectivity index (χ4n) is 1.71. The van der Waals surface area contributed by atoms with E-state index < -0.39 is 0 Å². The molecular formula is C16H20N2O3. The van der Waals surface area contributed by atoms with Gasteiger partial charge in [0.15, 0.2) is 0 Å². The summed E-state index contributed by atoms with van der Waals surface area (Å²) in [4.78, 5) is 16.0. The largest absolute Gasteiger partial charge is 0.477 e. The zero-order valence-electron chi connectivity index (χ0n) is 12.3. The second kappa shape index (κ2) is 7.47. The first-order valence-corrected chi connectivity index (χ1v) is 7.04. The van der Waals surface area contributed by atoms with Gasteiger partial charge in [-0.05, 0) is 24.1 Å². The molecule has 0 radical (unpaired) electrons.